The topological polar surface area (TPSA) is 59.3 Å². The highest BCUT2D eigenvalue weighted by Gasteiger charge is 2.36. The van der Waals surface area contributed by atoms with Crippen LogP contribution in [0.5, 0.6) is 0 Å². The second-order valence-electron chi connectivity index (χ2n) is 10.6. The number of hydrogen-bond acceptors (Lipinski definition) is 3. The van der Waals surface area contributed by atoms with Crippen LogP contribution in [0.4, 0.5) is 0 Å². The molecule has 0 saturated carbocycles. The van der Waals surface area contributed by atoms with E-state index >= 15 is 0 Å². The molecule has 1 aliphatic carbocycles. The van der Waals surface area contributed by atoms with Crippen molar-refractivity contribution in [2.75, 3.05) is 6.54 Å². The maximum atomic E-state index is 12.6. The molecule has 182 valence electrons. The second-order valence-corrected chi connectivity index (χ2v) is 10.6. The SMILES string of the molecule is CCCCCCCCCCCCCCCCNC(=O)c1oc2c(c1C)C(=O)CC(C)(C)C2. The highest BCUT2D eigenvalue weighted by atomic mass is 16.4. The van der Waals surface area contributed by atoms with Gasteiger partial charge < -0.3 is 9.73 Å². The van der Waals surface area contributed by atoms with Gasteiger partial charge in [0.25, 0.3) is 5.91 Å². The summed E-state index contributed by atoms with van der Waals surface area (Å²) in [5, 5.41) is 2.98. The summed E-state index contributed by atoms with van der Waals surface area (Å²) in [5.41, 5.74) is 1.25. The van der Waals surface area contributed by atoms with Crippen molar-refractivity contribution in [1.82, 2.24) is 5.32 Å². The molecule has 1 aliphatic rings. The first kappa shape index (κ1) is 26.7. The molecule has 0 saturated heterocycles. The van der Waals surface area contributed by atoms with Crippen molar-refractivity contribution in [3.05, 3.63) is 22.6 Å². The maximum absolute atomic E-state index is 12.6. The molecule has 1 aromatic heterocycles. The highest BCUT2D eigenvalue weighted by Crippen LogP contribution is 2.38. The smallest absolute Gasteiger partial charge is 0.287 e. The van der Waals surface area contributed by atoms with Crippen LogP contribution < -0.4 is 5.32 Å². The first-order valence-corrected chi connectivity index (χ1v) is 13.3. The summed E-state index contributed by atoms with van der Waals surface area (Å²) in [7, 11) is 0. The third-order valence-electron chi connectivity index (χ3n) is 6.80. The van der Waals surface area contributed by atoms with E-state index in [0.29, 0.717) is 42.0 Å². The molecule has 0 unspecified atom stereocenters. The van der Waals surface area contributed by atoms with Gasteiger partial charge in [-0.15, -0.1) is 0 Å². The molecule has 0 radical (unpaired) electrons. The Morgan fingerprint density at radius 2 is 1.34 bits per heavy atom. The average Bonchev–Trinajstić information content (AvgIpc) is 3.06. The maximum Gasteiger partial charge on any atom is 0.287 e. The van der Waals surface area contributed by atoms with Crippen LogP contribution >= 0.6 is 0 Å². The van der Waals surface area contributed by atoms with Gasteiger partial charge in [-0.3, -0.25) is 9.59 Å². The number of unbranched alkanes of at least 4 members (excludes halogenated alkanes) is 13. The molecule has 32 heavy (non-hydrogen) atoms. The first-order valence-electron chi connectivity index (χ1n) is 13.3. The van der Waals surface area contributed by atoms with E-state index in [4.69, 9.17) is 4.42 Å². The van der Waals surface area contributed by atoms with Crippen LogP contribution in [0.25, 0.3) is 0 Å². The largest absolute Gasteiger partial charge is 0.455 e. The summed E-state index contributed by atoms with van der Waals surface area (Å²) in [6.07, 6.45) is 19.8. The number of hydrogen-bond donors (Lipinski definition) is 1. The van der Waals surface area contributed by atoms with Gasteiger partial charge in [0.1, 0.15) is 5.76 Å². The summed E-state index contributed by atoms with van der Waals surface area (Å²) < 4.78 is 5.85. The zero-order valence-electron chi connectivity index (χ0n) is 21.2. The fourth-order valence-electron chi connectivity index (χ4n) is 4.90. The van der Waals surface area contributed by atoms with E-state index in [1.807, 2.05) is 6.92 Å². The lowest BCUT2D eigenvalue weighted by atomic mass is 9.76. The Bertz CT molecular complexity index is 717. The van der Waals surface area contributed by atoms with Gasteiger partial charge >= 0.3 is 0 Å². The predicted octanol–water partition coefficient (Wildman–Crippen LogP) is 7.95. The van der Waals surface area contributed by atoms with E-state index in [-0.39, 0.29) is 17.1 Å². The monoisotopic (exact) mass is 445 g/mol. The van der Waals surface area contributed by atoms with Crippen molar-refractivity contribution < 1.29 is 14.0 Å². The molecule has 1 amide bonds. The number of furan rings is 1. The minimum Gasteiger partial charge on any atom is -0.455 e. The normalized spacial score (nSPS) is 15.1. The molecule has 0 bridgehead atoms. The third-order valence-corrected chi connectivity index (χ3v) is 6.80. The molecule has 2 rings (SSSR count). The van der Waals surface area contributed by atoms with Crippen molar-refractivity contribution in [3.63, 3.8) is 0 Å². The van der Waals surface area contributed by atoms with Crippen molar-refractivity contribution in [2.24, 2.45) is 5.41 Å². The molecule has 1 N–H and O–H groups in total. The standard InChI is InChI=1S/C28H47NO3/c1-5-6-7-8-9-10-11-12-13-14-15-16-17-18-19-29-27(31)26-22(2)25-23(30)20-28(3,4)21-24(25)32-26/h5-21H2,1-4H3,(H,29,31). The first-order chi connectivity index (χ1) is 15.4. The summed E-state index contributed by atoms with van der Waals surface area (Å²) in [6.45, 7) is 8.91. The lowest BCUT2D eigenvalue weighted by Crippen LogP contribution is -2.26. The Kier molecular flexibility index (Phi) is 11.5. The Morgan fingerprint density at radius 3 is 1.88 bits per heavy atom. The van der Waals surface area contributed by atoms with Crippen LogP contribution in [0, 0.1) is 12.3 Å². The number of ketones is 1. The summed E-state index contributed by atoms with van der Waals surface area (Å²) in [5.74, 6) is 0.928. The molecule has 0 fully saturated rings. The number of Topliss-reactive ketones (excluding diaryl/α,β-unsaturated/α-hetero) is 1. The molecule has 1 heterocycles. The fourth-order valence-corrected chi connectivity index (χ4v) is 4.90. The molecule has 0 aromatic carbocycles. The Morgan fingerprint density at radius 1 is 0.844 bits per heavy atom. The van der Waals surface area contributed by atoms with Crippen LogP contribution in [0.3, 0.4) is 0 Å². The van der Waals surface area contributed by atoms with E-state index in [2.05, 4.69) is 26.1 Å². The van der Waals surface area contributed by atoms with Gasteiger partial charge in [0.15, 0.2) is 11.5 Å². The van der Waals surface area contributed by atoms with E-state index < -0.39 is 0 Å². The Balaban J connectivity index is 1.52. The number of carbonyl (C=O) groups excluding carboxylic acids is 2. The van der Waals surface area contributed by atoms with E-state index in [0.717, 1.165) is 12.8 Å². The van der Waals surface area contributed by atoms with Gasteiger partial charge in [0.2, 0.25) is 0 Å². The van der Waals surface area contributed by atoms with Crippen molar-refractivity contribution in [2.45, 2.75) is 130 Å². The van der Waals surface area contributed by atoms with Crippen molar-refractivity contribution in [3.8, 4) is 0 Å². The molecular formula is C28H47NO3. The summed E-state index contributed by atoms with van der Waals surface area (Å²) in [6, 6.07) is 0. The van der Waals surface area contributed by atoms with Gasteiger partial charge in [-0.1, -0.05) is 104 Å². The highest BCUT2D eigenvalue weighted by molar-refractivity contribution is 6.03. The lowest BCUT2D eigenvalue weighted by Gasteiger charge is -2.27. The Labute approximate surface area is 196 Å². The zero-order valence-corrected chi connectivity index (χ0v) is 21.2. The van der Waals surface area contributed by atoms with E-state index in [1.165, 1.54) is 77.0 Å². The zero-order chi connectivity index (χ0) is 23.4. The fraction of sp³-hybridized carbons (Fsp3) is 0.786. The van der Waals surface area contributed by atoms with Gasteiger partial charge in [0, 0.05) is 24.9 Å². The molecule has 4 nitrogen and oxygen atoms in total. The predicted molar refractivity (Wildman–Crippen MR) is 133 cm³/mol. The molecule has 0 atom stereocenters. The van der Waals surface area contributed by atoms with Gasteiger partial charge in [-0.05, 0) is 18.8 Å². The number of nitrogens with one attached hydrogen (secondary N) is 1. The van der Waals surface area contributed by atoms with Crippen molar-refractivity contribution >= 4 is 11.7 Å². The average molecular weight is 446 g/mol. The Hall–Kier alpha value is -1.58. The molecule has 1 aromatic rings. The van der Waals surface area contributed by atoms with Gasteiger partial charge in [-0.25, -0.2) is 0 Å². The number of fused-ring (bicyclic) bond motifs is 1. The van der Waals surface area contributed by atoms with Crippen LogP contribution in [0.1, 0.15) is 149 Å². The van der Waals surface area contributed by atoms with Crippen LogP contribution in [-0.4, -0.2) is 18.2 Å². The number of rotatable bonds is 16. The van der Waals surface area contributed by atoms with Crippen molar-refractivity contribution in [1.29, 1.82) is 0 Å². The molecular weight excluding hydrogens is 398 g/mol. The summed E-state index contributed by atoms with van der Waals surface area (Å²) >= 11 is 0. The third kappa shape index (κ3) is 8.75. The molecule has 4 heteroatoms. The molecule has 0 aliphatic heterocycles. The quantitative estimate of drug-likeness (QED) is 0.263. The number of carbonyl (C=O) groups is 2. The minimum absolute atomic E-state index is 0.100. The van der Waals surface area contributed by atoms with Gasteiger partial charge in [0.05, 0.1) is 5.56 Å². The van der Waals surface area contributed by atoms with Crippen LogP contribution in [0.2, 0.25) is 0 Å². The van der Waals surface area contributed by atoms with E-state index in [1.54, 1.807) is 0 Å². The van der Waals surface area contributed by atoms with E-state index in [9.17, 15) is 9.59 Å². The van der Waals surface area contributed by atoms with Crippen LogP contribution in [0.15, 0.2) is 4.42 Å². The second kappa shape index (κ2) is 13.9. The summed E-state index contributed by atoms with van der Waals surface area (Å²) in [4.78, 5) is 25.0. The lowest BCUT2D eigenvalue weighted by molar-refractivity contribution is 0.0889. The minimum atomic E-state index is -0.183. The number of amides is 1. The van der Waals surface area contributed by atoms with Crippen LogP contribution in [-0.2, 0) is 6.42 Å². The molecule has 0 spiro atoms. The van der Waals surface area contributed by atoms with Gasteiger partial charge in [-0.2, -0.15) is 0 Å².